The molecular weight excluding hydrogens is 420 g/mol. The minimum Gasteiger partial charge on any atom is -0.429 e. The zero-order valence-corrected chi connectivity index (χ0v) is 20.8. The van der Waals surface area contributed by atoms with E-state index in [9.17, 15) is 14.7 Å². The Labute approximate surface area is 198 Å². The monoisotopic (exact) mass is 460 g/mol. The van der Waals surface area contributed by atoms with Gasteiger partial charge in [0.05, 0.1) is 0 Å². The molecular formula is C27H40O6. The van der Waals surface area contributed by atoms with Crippen LogP contribution in [0.1, 0.15) is 86.0 Å². The van der Waals surface area contributed by atoms with Crippen LogP contribution in [0.2, 0.25) is 0 Å². The summed E-state index contributed by atoms with van der Waals surface area (Å²) < 4.78 is 15.5. The fraction of sp³-hybridized carbons (Fsp3) is 0.630. The third-order valence-corrected chi connectivity index (χ3v) is 6.03. The molecule has 0 aromatic carbocycles. The van der Waals surface area contributed by atoms with Gasteiger partial charge in [-0.3, -0.25) is 0 Å². The van der Waals surface area contributed by atoms with Crippen LogP contribution in [0, 0.1) is 5.92 Å². The van der Waals surface area contributed by atoms with Crippen molar-refractivity contribution in [2.45, 2.75) is 98.1 Å². The average molecular weight is 461 g/mol. The first-order chi connectivity index (χ1) is 15.6. The SMILES string of the molecule is CCOC1C=C(CC/C=C(\C)CC/C=C(\C)CCC[C@@H](C)CC2(O)C=C(C)C(=O)O2)C(=O)O1. The molecule has 6 heteroatoms. The van der Waals surface area contributed by atoms with Gasteiger partial charge in [0, 0.05) is 24.2 Å². The summed E-state index contributed by atoms with van der Waals surface area (Å²) in [7, 11) is 0. The van der Waals surface area contributed by atoms with E-state index in [-0.39, 0.29) is 11.9 Å². The van der Waals surface area contributed by atoms with Gasteiger partial charge in [0.1, 0.15) is 0 Å². The molecule has 2 heterocycles. The summed E-state index contributed by atoms with van der Waals surface area (Å²) in [6.07, 6.45) is 14.3. The molecule has 184 valence electrons. The van der Waals surface area contributed by atoms with Gasteiger partial charge in [0.2, 0.25) is 12.1 Å². The molecule has 0 aromatic heterocycles. The van der Waals surface area contributed by atoms with Gasteiger partial charge in [-0.05, 0) is 84.3 Å². The third-order valence-electron chi connectivity index (χ3n) is 6.03. The zero-order chi connectivity index (χ0) is 24.4. The first-order valence-electron chi connectivity index (χ1n) is 12.1. The lowest BCUT2D eigenvalue weighted by atomic mass is 9.94. The lowest BCUT2D eigenvalue weighted by Gasteiger charge is -2.23. The second-order valence-corrected chi connectivity index (χ2v) is 9.36. The van der Waals surface area contributed by atoms with Crippen molar-refractivity contribution < 1.29 is 28.9 Å². The predicted molar refractivity (Wildman–Crippen MR) is 128 cm³/mol. The second-order valence-electron chi connectivity index (χ2n) is 9.36. The number of hydrogen-bond donors (Lipinski definition) is 1. The van der Waals surface area contributed by atoms with Crippen molar-refractivity contribution in [1.82, 2.24) is 0 Å². The van der Waals surface area contributed by atoms with Crippen LogP contribution in [0.4, 0.5) is 0 Å². The standard InChI is InChI=1S/C27H40O6/c1-6-31-24-16-23(26(29)32-24)15-9-13-20(3)11-7-10-19(2)12-8-14-21(4)17-27(30)18-22(5)25(28)33-27/h10,13,16,18,21,24,30H,6-9,11-12,14-15,17H2,1-5H3/b19-10+,20-13+/t21-,24?,27?/m1/s1. The van der Waals surface area contributed by atoms with Crippen molar-refractivity contribution >= 4 is 11.9 Å². The maximum atomic E-state index is 11.8. The van der Waals surface area contributed by atoms with Gasteiger partial charge in [-0.2, -0.15) is 0 Å². The topological polar surface area (TPSA) is 82.1 Å². The summed E-state index contributed by atoms with van der Waals surface area (Å²) in [5, 5.41) is 10.4. The van der Waals surface area contributed by atoms with Gasteiger partial charge >= 0.3 is 11.9 Å². The Hall–Kier alpha value is -2.18. The minimum absolute atomic E-state index is 0.263. The van der Waals surface area contributed by atoms with Crippen LogP contribution in [-0.2, 0) is 23.8 Å². The largest absolute Gasteiger partial charge is 0.429 e. The first kappa shape index (κ1) is 27.1. The molecule has 0 bridgehead atoms. The second kappa shape index (κ2) is 12.9. The zero-order valence-electron chi connectivity index (χ0n) is 20.8. The Morgan fingerprint density at radius 3 is 2.55 bits per heavy atom. The van der Waals surface area contributed by atoms with Gasteiger partial charge in [0.25, 0.3) is 0 Å². The molecule has 2 aliphatic heterocycles. The number of rotatable bonds is 14. The Balaban J connectivity index is 1.62. The van der Waals surface area contributed by atoms with Crippen LogP contribution >= 0.6 is 0 Å². The maximum absolute atomic E-state index is 11.8. The fourth-order valence-corrected chi connectivity index (χ4v) is 4.20. The quantitative estimate of drug-likeness (QED) is 0.265. The number of hydrogen-bond acceptors (Lipinski definition) is 6. The summed E-state index contributed by atoms with van der Waals surface area (Å²) in [4.78, 5) is 23.3. The van der Waals surface area contributed by atoms with E-state index >= 15 is 0 Å². The smallest absolute Gasteiger partial charge is 0.336 e. The van der Waals surface area contributed by atoms with Crippen LogP contribution < -0.4 is 0 Å². The fourth-order valence-electron chi connectivity index (χ4n) is 4.20. The Kier molecular flexibility index (Phi) is 10.6. The highest BCUT2D eigenvalue weighted by atomic mass is 16.7. The predicted octanol–water partition coefficient (Wildman–Crippen LogP) is 5.67. The van der Waals surface area contributed by atoms with E-state index in [1.807, 2.05) is 6.92 Å². The van der Waals surface area contributed by atoms with Crippen molar-refractivity contribution in [3.63, 3.8) is 0 Å². The van der Waals surface area contributed by atoms with E-state index in [0.29, 0.717) is 30.6 Å². The van der Waals surface area contributed by atoms with Crippen molar-refractivity contribution in [1.29, 1.82) is 0 Å². The van der Waals surface area contributed by atoms with Gasteiger partial charge < -0.3 is 19.3 Å². The molecule has 0 amide bonds. The van der Waals surface area contributed by atoms with Crippen molar-refractivity contribution in [3.05, 3.63) is 46.6 Å². The molecule has 3 atom stereocenters. The number of allylic oxidation sites excluding steroid dienone is 4. The summed E-state index contributed by atoms with van der Waals surface area (Å²) in [6, 6.07) is 0. The number of ether oxygens (including phenoxy) is 3. The lowest BCUT2D eigenvalue weighted by molar-refractivity contribution is -0.183. The van der Waals surface area contributed by atoms with E-state index in [1.54, 1.807) is 13.0 Å². The molecule has 0 fully saturated rings. The highest BCUT2D eigenvalue weighted by Gasteiger charge is 2.37. The molecule has 2 rings (SSSR count). The average Bonchev–Trinajstić information content (AvgIpc) is 3.19. The van der Waals surface area contributed by atoms with E-state index in [2.05, 4.69) is 32.9 Å². The molecule has 0 aliphatic carbocycles. The third kappa shape index (κ3) is 9.30. The Morgan fingerprint density at radius 2 is 1.88 bits per heavy atom. The highest BCUT2D eigenvalue weighted by Crippen LogP contribution is 2.30. The summed E-state index contributed by atoms with van der Waals surface area (Å²) in [5.74, 6) is -1.87. The van der Waals surface area contributed by atoms with Gasteiger partial charge in [-0.15, -0.1) is 0 Å². The van der Waals surface area contributed by atoms with E-state index in [0.717, 1.165) is 38.5 Å². The summed E-state index contributed by atoms with van der Waals surface area (Å²) in [6.45, 7) is 10.4. The summed E-state index contributed by atoms with van der Waals surface area (Å²) >= 11 is 0. The van der Waals surface area contributed by atoms with Crippen LogP contribution in [0.5, 0.6) is 0 Å². The first-order valence-corrected chi connectivity index (χ1v) is 12.1. The molecule has 6 nitrogen and oxygen atoms in total. The molecule has 0 spiro atoms. The Bertz CT molecular complexity index is 818. The number of carbonyl (C=O) groups excluding carboxylic acids is 2. The van der Waals surface area contributed by atoms with Gasteiger partial charge in [0.15, 0.2) is 0 Å². The van der Waals surface area contributed by atoms with Crippen LogP contribution in [0.3, 0.4) is 0 Å². The van der Waals surface area contributed by atoms with Gasteiger partial charge in [-0.25, -0.2) is 9.59 Å². The number of aliphatic hydroxyl groups is 1. The molecule has 0 saturated carbocycles. The molecule has 33 heavy (non-hydrogen) atoms. The van der Waals surface area contributed by atoms with E-state index < -0.39 is 18.0 Å². The molecule has 0 radical (unpaired) electrons. The molecule has 0 saturated heterocycles. The number of carbonyl (C=O) groups is 2. The van der Waals surface area contributed by atoms with Gasteiger partial charge in [-0.1, -0.05) is 36.6 Å². The number of cyclic esters (lactones) is 2. The normalized spacial score (nSPS) is 24.5. The minimum atomic E-state index is -1.44. The molecule has 2 unspecified atom stereocenters. The summed E-state index contributed by atoms with van der Waals surface area (Å²) in [5.41, 5.74) is 3.87. The van der Waals surface area contributed by atoms with Crippen molar-refractivity contribution in [2.24, 2.45) is 5.92 Å². The maximum Gasteiger partial charge on any atom is 0.336 e. The number of esters is 2. The van der Waals surface area contributed by atoms with Crippen molar-refractivity contribution in [2.75, 3.05) is 6.61 Å². The Morgan fingerprint density at radius 1 is 1.18 bits per heavy atom. The van der Waals surface area contributed by atoms with Crippen LogP contribution in [-0.4, -0.2) is 35.7 Å². The lowest BCUT2D eigenvalue weighted by Crippen LogP contribution is -2.30. The van der Waals surface area contributed by atoms with Crippen LogP contribution in [0.25, 0.3) is 0 Å². The van der Waals surface area contributed by atoms with Crippen molar-refractivity contribution in [3.8, 4) is 0 Å². The highest BCUT2D eigenvalue weighted by molar-refractivity contribution is 5.91. The van der Waals surface area contributed by atoms with Crippen LogP contribution in [0.15, 0.2) is 46.6 Å². The molecule has 1 N–H and O–H groups in total. The molecule has 2 aliphatic rings. The van der Waals surface area contributed by atoms with E-state index in [1.165, 1.54) is 17.2 Å². The molecule has 0 aromatic rings. The van der Waals surface area contributed by atoms with E-state index in [4.69, 9.17) is 14.2 Å².